The van der Waals surface area contributed by atoms with Crippen LogP contribution in [0.15, 0.2) is 12.5 Å². The summed E-state index contributed by atoms with van der Waals surface area (Å²) in [5, 5.41) is 5.14. The van der Waals surface area contributed by atoms with Crippen molar-refractivity contribution in [3.63, 3.8) is 0 Å². The van der Waals surface area contributed by atoms with E-state index < -0.39 is 0 Å². The van der Waals surface area contributed by atoms with E-state index in [1.54, 1.807) is 17.2 Å². The maximum absolute atomic E-state index is 4.20. The fourth-order valence-corrected chi connectivity index (χ4v) is 1.40. The molecule has 5 nitrogen and oxygen atoms in total. The van der Waals surface area contributed by atoms with E-state index in [1.807, 2.05) is 19.0 Å². The number of anilines is 1. The number of hydrogen-bond donors (Lipinski definition) is 0. The third-order valence-corrected chi connectivity index (χ3v) is 2.05. The molecule has 2 rings (SSSR count). The minimum atomic E-state index is 0.577. The molecule has 0 aliphatic heterocycles. The second-order valence-corrected chi connectivity index (χ2v) is 3.20. The Morgan fingerprint density at radius 2 is 2.21 bits per heavy atom. The van der Waals surface area contributed by atoms with Gasteiger partial charge in [-0.2, -0.15) is 5.10 Å². The van der Waals surface area contributed by atoms with Crippen molar-refractivity contribution in [1.29, 1.82) is 0 Å². The fourth-order valence-electron chi connectivity index (χ4n) is 1.40. The first-order valence-electron chi connectivity index (χ1n) is 4.37. The highest BCUT2D eigenvalue weighted by Crippen LogP contribution is 2.19. The number of aromatic nitrogens is 4. The molecule has 0 aliphatic carbocycles. The van der Waals surface area contributed by atoms with Crippen LogP contribution in [0.1, 0.15) is 0 Å². The van der Waals surface area contributed by atoms with E-state index in [2.05, 4.69) is 22.0 Å². The van der Waals surface area contributed by atoms with Gasteiger partial charge in [0.25, 0.3) is 0 Å². The van der Waals surface area contributed by atoms with Crippen LogP contribution in [0.5, 0.6) is 0 Å². The third kappa shape index (κ3) is 1.21. The molecule has 14 heavy (non-hydrogen) atoms. The highest BCUT2D eigenvalue weighted by Gasteiger charge is 2.09. The van der Waals surface area contributed by atoms with Gasteiger partial charge in [0.1, 0.15) is 12.1 Å². The van der Waals surface area contributed by atoms with Crippen LogP contribution >= 0.6 is 0 Å². The molecule has 0 amide bonds. The summed E-state index contributed by atoms with van der Waals surface area (Å²) in [4.78, 5) is 10.3. The van der Waals surface area contributed by atoms with Crippen LogP contribution in [0.4, 0.5) is 5.82 Å². The van der Waals surface area contributed by atoms with Gasteiger partial charge in [0.05, 0.1) is 11.6 Å². The van der Waals surface area contributed by atoms with Crippen molar-refractivity contribution < 1.29 is 0 Å². The molecule has 0 bridgehead atoms. The van der Waals surface area contributed by atoms with E-state index in [-0.39, 0.29) is 0 Å². The quantitative estimate of drug-likeness (QED) is 0.700. The van der Waals surface area contributed by atoms with Gasteiger partial charge in [-0.15, -0.1) is 0 Å². The molecule has 2 aromatic rings. The zero-order chi connectivity index (χ0) is 10.1. The van der Waals surface area contributed by atoms with Gasteiger partial charge in [-0.25, -0.2) is 14.6 Å². The minimum absolute atomic E-state index is 0.577. The summed E-state index contributed by atoms with van der Waals surface area (Å²) in [5.41, 5.74) is 0.832. The van der Waals surface area contributed by atoms with Gasteiger partial charge in [-0.3, -0.25) is 0 Å². The lowest BCUT2D eigenvalue weighted by molar-refractivity contribution is 0.717. The van der Waals surface area contributed by atoms with Gasteiger partial charge >= 0.3 is 0 Å². The van der Waals surface area contributed by atoms with Crippen molar-refractivity contribution in [1.82, 2.24) is 19.7 Å². The van der Waals surface area contributed by atoms with Gasteiger partial charge < -0.3 is 4.90 Å². The molecule has 0 aliphatic rings. The molecule has 2 aromatic heterocycles. The maximum Gasteiger partial charge on any atom is 0.163 e. The van der Waals surface area contributed by atoms with E-state index >= 15 is 0 Å². The summed E-state index contributed by atoms with van der Waals surface area (Å²) >= 11 is 0. The first kappa shape index (κ1) is 8.93. The molecule has 0 atom stereocenters. The second-order valence-electron chi connectivity index (χ2n) is 3.20. The largest absolute Gasteiger partial charge is 0.362 e. The molecular weight excluding hydrogens is 178 g/mol. The normalized spacial score (nSPS) is 10.8. The average Bonchev–Trinajstić information content (AvgIpc) is 2.59. The predicted octanol–water partition coefficient (Wildman–Crippen LogP) is 0.726. The minimum Gasteiger partial charge on any atom is -0.362 e. The molecule has 0 saturated carbocycles. The summed E-state index contributed by atoms with van der Waals surface area (Å²) in [6, 6.07) is 0. The number of nitrogens with zero attached hydrogens (tertiary/aromatic N) is 5. The number of hydrogen-bond acceptors (Lipinski definition) is 4. The Morgan fingerprint density at radius 1 is 1.43 bits per heavy atom. The van der Waals surface area contributed by atoms with Crippen LogP contribution in [-0.4, -0.2) is 33.8 Å². The van der Waals surface area contributed by atoms with Crippen molar-refractivity contribution >= 4 is 16.9 Å². The molecule has 0 unspecified atom stereocenters. The van der Waals surface area contributed by atoms with Crippen molar-refractivity contribution in [2.75, 3.05) is 19.0 Å². The molecule has 1 radical (unpaired) electrons. The molecule has 0 saturated heterocycles. The molecule has 0 fully saturated rings. The highest BCUT2D eigenvalue weighted by molar-refractivity contribution is 5.86. The Balaban J connectivity index is 2.70. The van der Waals surface area contributed by atoms with Gasteiger partial charge in [0, 0.05) is 20.6 Å². The van der Waals surface area contributed by atoms with Crippen LogP contribution in [0, 0.1) is 6.92 Å². The molecule has 5 heteroatoms. The fraction of sp³-hybridized carbons (Fsp3) is 0.333. The summed E-state index contributed by atoms with van der Waals surface area (Å²) in [5.74, 6) is 0.884. The smallest absolute Gasteiger partial charge is 0.163 e. The van der Waals surface area contributed by atoms with Crippen LogP contribution < -0.4 is 4.90 Å². The van der Waals surface area contributed by atoms with E-state index in [9.17, 15) is 0 Å². The van der Waals surface area contributed by atoms with E-state index in [0.717, 1.165) is 16.9 Å². The van der Waals surface area contributed by atoms with Gasteiger partial charge in [-0.05, 0) is 6.92 Å². The van der Waals surface area contributed by atoms with Crippen molar-refractivity contribution in [3.8, 4) is 0 Å². The third-order valence-electron chi connectivity index (χ3n) is 2.05. The first-order valence-corrected chi connectivity index (χ1v) is 4.37. The molecule has 0 spiro atoms. The predicted molar refractivity (Wildman–Crippen MR) is 55.0 cm³/mol. The molecule has 0 aromatic carbocycles. The lowest BCUT2D eigenvalue weighted by atomic mass is 10.4. The van der Waals surface area contributed by atoms with Crippen molar-refractivity contribution in [2.45, 2.75) is 6.54 Å². The molecular formula is C9H12N5. The van der Waals surface area contributed by atoms with Crippen LogP contribution in [0.2, 0.25) is 0 Å². The molecule has 2 heterocycles. The van der Waals surface area contributed by atoms with E-state index in [4.69, 9.17) is 0 Å². The average molecular weight is 190 g/mol. The maximum atomic E-state index is 4.20. The zero-order valence-corrected chi connectivity index (χ0v) is 8.30. The summed E-state index contributed by atoms with van der Waals surface area (Å²) in [6.07, 6.45) is 3.32. The van der Waals surface area contributed by atoms with Crippen LogP contribution in [-0.2, 0) is 6.54 Å². The lowest BCUT2D eigenvalue weighted by Gasteiger charge is -2.10. The Kier molecular flexibility index (Phi) is 2.07. The van der Waals surface area contributed by atoms with Gasteiger partial charge in [-0.1, -0.05) is 0 Å². The van der Waals surface area contributed by atoms with Crippen LogP contribution in [0.25, 0.3) is 11.0 Å². The summed E-state index contributed by atoms with van der Waals surface area (Å²) < 4.78 is 1.75. The zero-order valence-electron chi connectivity index (χ0n) is 8.30. The van der Waals surface area contributed by atoms with E-state index in [0.29, 0.717) is 6.54 Å². The number of fused-ring (bicyclic) bond motifs is 1. The standard InChI is InChI=1S/C9H12N5/c1-4-14-9-7(5-12-14)8(13(2)3)10-6-11-9/h5-6H,1,4H2,2-3H3. The Hall–Kier alpha value is -1.65. The van der Waals surface area contributed by atoms with Crippen molar-refractivity contribution in [2.24, 2.45) is 0 Å². The van der Waals surface area contributed by atoms with E-state index in [1.165, 1.54) is 0 Å². The monoisotopic (exact) mass is 190 g/mol. The van der Waals surface area contributed by atoms with Crippen molar-refractivity contribution in [3.05, 3.63) is 19.4 Å². The Bertz CT molecular complexity index is 445. The lowest BCUT2D eigenvalue weighted by Crippen LogP contribution is -2.11. The molecule has 73 valence electrons. The number of rotatable bonds is 2. The Labute approximate surface area is 82.4 Å². The topological polar surface area (TPSA) is 46.8 Å². The van der Waals surface area contributed by atoms with Crippen LogP contribution in [0.3, 0.4) is 0 Å². The first-order chi connectivity index (χ1) is 6.74. The summed E-state index contributed by atoms with van der Waals surface area (Å²) in [7, 11) is 3.90. The SMILES string of the molecule is [CH2]Cn1ncc2c(N(C)C)ncnc21. The Morgan fingerprint density at radius 3 is 2.86 bits per heavy atom. The van der Waals surface area contributed by atoms with Gasteiger partial charge in [0.2, 0.25) is 0 Å². The highest BCUT2D eigenvalue weighted by atomic mass is 15.3. The summed E-state index contributed by atoms with van der Waals surface area (Å²) in [6.45, 7) is 4.36. The van der Waals surface area contributed by atoms with Gasteiger partial charge in [0.15, 0.2) is 5.65 Å². The molecule has 0 N–H and O–H groups in total. The second kappa shape index (κ2) is 3.25.